The Bertz CT molecular complexity index is 1350. The highest BCUT2D eigenvalue weighted by Gasteiger charge is 2.34. The quantitative estimate of drug-likeness (QED) is 0.171. The van der Waals surface area contributed by atoms with E-state index in [1.54, 1.807) is 34.0 Å². The lowest BCUT2D eigenvalue weighted by atomic mass is 10.2. The molecule has 0 N–H and O–H groups in total. The van der Waals surface area contributed by atoms with E-state index in [4.69, 9.17) is 0 Å². The number of aryl methyl sites for hydroxylation is 1. The molecule has 2 aliphatic rings. The smallest absolute Gasteiger partial charge is 0.196 e. The molecule has 0 aromatic carbocycles. The summed E-state index contributed by atoms with van der Waals surface area (Å²) in [5, 5.41) is 0. The molecule has 0 atom stereocenters. The van der Waals surface area contributed by atoms with Crippen LogP contribution < -0.4 is 4.50 Å². The summed E-state index contributed by atoms with van der Waals surface area (Å²) in [6.45, 7) is 9.07. The summed E-state index contributed by atoms with van der Waals surface area (Å²) in [6, 6.07) is 7.99. The zero-order valence-electron chi connectivity index (χ0n) is 17.0. The van der Waals surface area contributed by atoms with Gasteiger partial charge in [0.1, 0.15) is 0 Å². The van der Waals surface area contributed by atoms with Crippen molar-refractivity contribution >= 4 is 101 Å². The van der Waals surface area contributed by atoms with E-state index in [0.29, 0.717) is 0 Å². The molecule has 31 heavy (non-hydrogen) atoms. The second-order valence-electron chi connectivity index (χ2n) is 8.45. The lowest BCUT2D eigenvalue weighted by Crippen LogP contribution is -2.35. The predicted molar refractivity (Wildman–Crippen MR) is 145 cm³/mol. The highest BCUT2D eigenvalue weighted by atomic mass is 79.9. The molecule has 6 rings (SSSR count). The fourth-order valence-electron chi connectivity index (χ4n) is 3.64. The van der Waals surface area contributed by atoms with Gasteiger partial charge in [-0.15, -0.1) is 45.3 Å². The van der Waals surface area contributed by atoms with Crippen LogP contribution >= 0.6 is 77.2 Å². The van der Waals surface area contributed by atoms with E-state index in [2.05, 4.69) is 64.5 Å². The Kier molecular flexibility index (Phi) is 5.48. The SMILES string of the molecule is Cc1cc2c(s1)-c1sc([Si](C)(C)C)cc1C2=O.O=C1c2cc(Br)sc2-c2sc(Br)cc21. The molecule has 0 saturated heterocycles. The second kappa shape index (κ2) is 7.68. The number of ketones is 2. The Morgan fingerprint density at radius 3 is 1.58 bits per heavy atom. The molecule has 2 aliphatic carbocycles. The van der Waals surface area contributed by atoms with E-state index in [0.717, 1.165) is 39.6 Å². The van der Waals surface area contributed by atoms with Crippen LogP contribution in [0, 0.1) is 6.92 Å². The number of hydrogen-bond donors (Lipinski definition) is 0. The van der Waals surface area contributed by atoms with Crippen LogP contribution in [-0.2, 0) is 0 Å². The zero-order valence-corrected chi connectivity index (χ0v) is 24.5. The third-order valence-electron chi connectivity index (χ3n) is 5.12. The Morgan fingerprint density at radius 2 is 1.06 bits per heavy atom. The number of carbonyl (C=O) groups is 2. The van der Waals surface area contributed by atoms with Crippen LogP contribution in [-0.4, -0.2) is 19.6 Å². The standard InChI is InChI=1S/C13H14OS2Si.C9H2Br2OS2/c1-7-5-8-11(14)9-6-10(17(2,3)4)16-13(9)12(8)15-7;10-5-1-3-7(12)4-2-6(11)14-9(4)8(3)13-5/h5-6H,1-4H3;1-2H. The van der Waals surface area contributed by atoms with Crippen molar-refractivity contribution < 1.29 is 9.59 Å². The summed E-state index contributed by atoms with van der Waals surface area (Å²) in [4.78, 5) is 30.0. The number of halogens is 2. The lowest BCUT2D eigenvalue weighted by Gasteiger charge is -2.12. The van der Waals surface area contributed by atoms with Gasteiger partial charge >= 0.3 is 0 Å². The summed E-state index contributed by atoms with van der Waals surface area (Å²) in [5.41, 5.74) is 3.57. The summed E-state index contributed by atoms with van der Waals surface area (Å²) in [5.74, 6) is 0.388. The largest absolute Gasteiger partial charge is 0.289 e. The van der Waals surface area contributed by atoms with E-state index in [9.17, 15) is 9.59 Å². The molecule has 0 unspecified atom stereocenters. The molecular formula is C22H16Br2O2S4Si. The predicted octanol–water partition coefficient (Wildman–Crippen LogP) is 8.42. The van der Waals surface area contributed by atoms with Crippen molar-refractivity contribution in [2.24, 2.45) is 0 Å². The summed E-state index contributed by atoms with van der Waals surface area (Å²) in [7, 11) is -1.30. The first-order valence-corrected chi connectivity index (χ1v) is 17.8. The van der Waals surface area contributed by atoms with Crippen LogP contribution in [0.25, 0.3) is 19.5 Å². The van der Waals surface area contributed by atoms with Gasteiger partial charge in [-0.05, 0) is 67.5 Å². The molecule has 158 valence electrons. The van der Waals surface area contributed by atoms with Crippen molar-refractivity contribution in [1.29, 1.82) is 0 Å². The van der Waals surface area contributed by atoms with E-state index >= 15 is 0 Å². The summed E-state index contributed by atoms with van der Waals surface area (Å²) < 4.78 is 3.48. The summed E-state index contributed by atoms with van der Waals surface area (Å²) in [6.07, 6.45) is 0. The molecule has 9 heteroatoms. The van der Waals surface area contributed by atoms with Gasteiger partial charge in [-0.3, -0.25) is 9.59 Å². The molecule has 4 heterocycles. The molecule has 0 spiro atoms. The van der Waals surface area contributed by atoms with Gasteiger partial charge in [-0.1, -0.05) is 19.6 Å². The van der Waals surface area contributed by atoms with Gasteiger partial charge < -0.3 is 0 Å². The maximum absolute atomic E-state index is 12.3. The topological polar surface area (TPSA) is 34.1 Å². The molecule has 0 radical (unpaired) electrons. The Balaban J connectivity index is 0.000000134. The minimum Gasteiger partial charge on any atom is -0.289 e. The average Bonchev–Trinajstić information content (AvgIpc) is 3.46. The van der Waals surface area contributed by atoms with Gasteiger partial charge in [0.05, 0.1) is 35.2 Å². The van der Waals surface area contributed by atoms with Crippen molar-refractivity contribution in [3.05, 3.63) is 59.0 Å². The van der Waals surface area contributed by atoms with Crippen LogP contribution in [0.3, 0.4) is 0 Å². The van der Waals surface area contributed by atoms with Gasteiger partial charge in [0, 0.05) is 27.1 Å². The molecule has 0 amide bonds. The van der Waals surface area contributed by atoms with E-state index in [-0.39, 0.29) is 11.6 Å². The fraction of sp³-hybridized carbons (Fsp3) is 0.182. The molecule has 4 aromatic heterocycles. The fourth-order valence-corrected chi connectivity index (χ4v) is 11.2. The molecule has 0 aliphatic heterocycles. The van der Waals surface area contributed by atoms with Gasteiger partial charge in [0.15, 0.2) is 11.6 Å². The number of rotatable bonds is 1. The van der Waals surface area contributed by atoms with Crippen LogP contribution in [0.4, 0.5) is 0 Å². The van der Waals surface area contributed by atoms with Crippen molar-refractivity contribution in [2.45, 2.75) is 26.6 Å². The van der Waals surface area contributed by atoms with Crippen molar-refractivity contribution in [3.63, 3.8) is 0 Å². The van der Waals surface area contributed by atoms with E-state index < -0.39 is 8.07 Å². The number of hydrogen-bond acceptors (Lipinski definition) is 6. The van der Waals surface area contributed by atoms with Crippen LogP contribution in [0.5, 0.6) is 0 Å². The number of thiophene rings is 4. The molecule has 4 aromatic rings. The average molecular weight is 629 g/mol. The van der Waals surface area contributed by atoms with Gasteiger partial charge in [-0.25, -0.2) is 0 Å². The monoisotopic (exact) mass is 626 g/mol. The first-order valence-electron chi connectivity index (χ1n) is 9.48. The third kappa shape index (κ3) is 3.66. The number of carbonyl (C=O) groups excluding carboxylic acids is 2. The van der Waals surface area contributed by atoms with Crippen molar-refractivity contribution in [1.82, 2.24) is 0 Å². The molecule has 0 fully saturated rings. The highest BCUT2D eigenvalue weighted by molar-refractivity contribution is 9.11. The maximum atomic E-state index is 12.3. The Labute approximate surface area is 214 Å². The van der Waals surface area contributed by atoms with Gasteiger partial charge in [0.25, 0.3) is 0 Å². The minimum atomic E-state index is -1.30. The molecule has 2 nitrogen and oxygen atoms in total. The first-order chi connectivity index (χ1) is 14.5. The molecule has 0 saturated carbocycles. The summed E-state index contributed by atoms with van der Waals surface area (Å²) >= 11 is 13.6. The Hall–Kier alpha value is -0.683. The van der Waals surface area contributed by atoms with Gasteiger partial charge in [0.2, 0.25) is 0 Å². The Morgan fingerprint density at radius 1 is 0.645 bits per heavy atom. The normalized spacial score (nSPS) is 13.6. The zero-order chi connectivity index (χ0) is 22.2. The third-order valence-corrected chi connectivity index (χ3v) is 14.5. The maximum Gasteiger partial charge on any atom is 0.196 e. The molecule has 0 bridgehead atoms. The first kappa shape index (κ1) is 22.1. The van der Waals surface area contributed by atoms with Gasteiger partial charge in [-0.2, -0.15) is 0 Å². The second-order valence-corrected chi connectivity index (χ2v) is 21.0. The molecular weight excluding hydrogens is 612 g/mol. The van der Waals surface area contributed by atoms with Crippen molar-refractivity contribution in [3.8, 4) is 19.5 Å². The highest BCUT2D eigenvalue weighted by Crippen LogP contribution is 2.49. The minimum absolute atomic E-state index is 0.152. The number of fused-ring (bicyclic) bond motifs is 6. The van der Waals surface area contributed by atoms with Crippen LogP contribution in [0.15, 0.2) is 31.8 Å². The van der Waals surface area contributed by atoms with Crippen LogP contribution in [0.1, 0.15) is 36.7 Å². The van der Waals surface area contributed by atoms with Crippen LogP contribution in [0.2, 0.25) is 19.6 Å². The van der Waals surface area contributed by atoms with E-state index in [1.807, 2.05) is 29.5 Å². The van der Waals surface area contributed by atoms with E-state index in [1.165, 1.54) is 19.1 Å². The van der Waals surface area contributed by atoms with Crippen molar-refractivity contribution in [2.75, 3.05) is 0 Å². The lowest BCUT2D eigenvalue weighted by molar-refractivity contribution is 0.103.